The van der Waals surface area contributed by atoms with E-state index in [4.69, 9.17) is 4.74 Å². The summed E-state index contributed by atoms with van der Waals surface area (Å²) in [7, 11) is 2.00. The maximum Gasteiger partial charge on any atom is 0.228 e. The largest absolute Gasteiger partial charge is 0.378 e. The number of amides is 1. The number of rotatable bonds is 4. The molecule has 0 bridgehead atoms. The molecular formula is C21H25N5O2. The molecule has 2 aromatic heterocycles. The SMILES string of the molecule is Cc1nc(N2CCOCC2)nc(C)c1NC(=O)Cc1cn(C)c2ccccc12. The number of nitrogens with zero attached hydrogens (tertiary/aromatic N) is 4. The fourth-order valence-corrected chi connectivity index (χ4v) is 3.71. The predicted molar refractivity (Wildman–Crippen MR) is 110 cm³/mol. The number of aromatic nitrogens is 3. The van der Waals surface area contributed by atoms with Gasteiger partial charge in [0.2, 0.25) is 11.9 Å². The molecule has 0 radical (unpaired) electrons. The number of carbonyl (C=O) groups is 1. The molecular weight excluding hydrogens is 354 g/mol. The second kappa shape index (κ2) is 7.59. The Hall–Kier alpha value is -2.93. The highest BCUT2D eigenvalue weighted by atomic mass is 16.5. The summed E-state index contributed by atoms with van der Waals surface area (Å²) in [5.41, 5.74) is 4.38. The third kappa shape index (κ3) is 3.57. The van der Waals surface area contributed by atoms with Crippen molar-refractivity contribution < 1.29 is 9.53 Å². The van der Waals surface area contributed by atoms with E-state index >= 15 is 0 Å². The van der Waals surface area contributed by atoms with Crippen molar-refractivity contribution in [3.05, 3.63) is 47.4 Å². The predicted octanol–water partition coefficient (Wildman–Crippen LogP) is 2.60. The number of aryl methyl sites for hydroxylation is 3. The lowest BCUT2D eigenvalue weighted by molar-refractivity contribution is -0.115. The van der Waals surface area contributed by atoms with Gasteiger partial charge in [-0.3, -0.25) is 4.79 Å². The van der Waals surface area contributed by atoms with Crippen molar-refractivity contribution in [2.24, 2.45) is 7.05 Å². The van der Waals surface area contributed by atoms with Gasteiger partial charge in [0.25, 0.3) is 0 Å². The van der Waals surface area contributed by atoms with Crippen molar-refractivity contribution in [1.29, 1.82) is 0 Å². The van der Waals surface area contributed by atoms with Crippen molar-refractivity contribution in [1.82, 2.24) is 14.5 Å². The molecule has 3 aromatic rings. The summed E-state index contributed by atoms with van der Waals surface area (Å²) in [5.74, 6) is 0.635. The first kappa shape index (κ1) is 18.4. The van der Waals surface area contributed by atoms with Crippen molar-refractivity contribution >= 4 is 28.4 Å². The average Bonchev–Trinajstić information content (AvgIpc) is 3.01. The first-order chi connectivity index (χ1) is 13.5. The lowest BCUT2D eigenvalue weighted by Gasteiger charge is -2.27. The van der Waals surface area contributed by atoms with Crippen molar-refractivity contribution in [2.75, 3.05) is 36.5 Å². The van der Waals surface area contributed by atoms with Crippen LogP contribution in [0.1, 0.15) is 17.0 Å². The number of para-hydroxylation sites is 1. The normalized spacial score (nSPS) is 14.5. The molecule has 7 nitrogen and oxygen atoms in total. The van der Waals surface area contributed by atoms with Gasteiger partial charge in [-0.1, -0.05) is 18.2 Å². The van der Waals surface area contributed by atoms with E-state index in [1.54, 1.807) is 0 Å². The minimum absolute atomic E-state index is 0.0646. The molecule has 0 saturated carbocycles. The molecule has 0 spiro atoms. The van der Waals surface area contributed by atoms with E-state index in [1.807, 2.05) is 39.2 Å². The highest BCUT2D eigenvalue weighted by molar-refractivity contribution is 5.96. The van der Waals surface area contributed by atoms with Gasteiger partial charge in [-0.25, -0.2) is 9.97 Å². The van der Waals surface area contributed by atoms with Crippen LogP contribution in [-0.2, 0) is 23.0 Å². The fraction of sp³-hybridized carbons (Fsp3) is 0.381. The number of fused-ring (bicyclic) bond motifs is 1. The third-order valence-corrected chi connectivity index (χ3v) is 5.15. The van der Waals surface area contributed by atoms with Crippen molar-refractivity contribution in [2.45, 2.75) is 20.3 Å². The third-order valence-electron chi connectivity index (χ3n) is 5.15. The van der Waals surface area contributed by atoms with Crippen LogP contribution in [0.5, 0.6) is 0 Å². The summed E-state index contributed by atoms with van der Waals surface area (Å²) in [4.78, 5) is 24.1. The van der Waals surface area contributed by atoms with E-state index in [1.165, 1.54) is 0 Å². The summed E-state index contributed by atoms with van der Waals surface area (Å²) in [6, 6.07) is 8.11. The van der Waals surface area contributed by atoms with Gasteiger partial charge in [-0.05, 0) is 25.5 Å². The Morgan fingerprint density at radius 2 is 1.82 bits per heavy atom. The van der Waals surface area contributed by atoms with E-state index in [9.17, 15) is 4.79 Å². The average molecular weight is 379 g/mol. The smallest absolute Gasteiger partial charge is 0.228 e. The zero-order valence-electron chi connectivity index (χ0n) is 16.5. The van der Waals surface area contributed by atoms with Crippen LogP contribution in [0.4, 0.5) is 11.6 Å². The number of hydrogen-bond donors (Lipinski definition) is 1. The van der Waals surface area contributed by atoms with E-state index in [0.717, 1.165) is 40.9 Å². The van der Waals surface area contributed by atoms with Gasteiger partial charge in [0, 0.05) is 37.2 Å². The summed E-state index contributed by atoms with van der Waals surface area (Å²) in [6.45, 7) is 6.76. The Kier molecular flexibility index (Phi) is 5.00. The van der Waals surface area contributed by atoms with Crippen molar-refractivity contribution in [3.63, 3.8) is 0 Å². The van der Waals surface area contributed by atoms with Crippen LogP contribution in [0.15, 0.2) is 30.5 Å². The molecule has 0 atom stereocenters. The second-order valence-corrected chi connectivity index (χ2v) is 7.18. The van der Waals surface area contributed by atoms with Gasteiger partial charge < -0.3 is 19.5 Å². The van der Waals surface area contributed by atoms with Crippen molar-refractivity contribution in [3.8, 4) is 0 Å². The number of morpholine rings is 1. The molecule has 146 valence electrons. The molecule has 1 fully saturated rings. The zero-order valence-corrected chi connectivity index (χ0v) is 16.5. The number of carbonyl (C=O) groups excluding carboxylic acids is 1. The number of anilines is 2. The summed E-state index contributed by atoms with van der Waals surface area (Å²) in [6.07, 6.45) is 2.33. The molecule has 1 aliphatic rings. The van der Waals surface area contributed by atoms with Gasteiger partial charge in [0.15, 0.2) is 0 Å². The molecule has 1 N–H and O–H groups in total. The molecule has 28 heavy (non-hydrogen) atoms. The monoisotopic (exact) mass is 379 g/mol. The number of nitrogens with one attached hydrogen (secondary N) is 1. The van der Waals surface area contributed by atoms with Crippen LogP contribution in [0.3, 0.4) is 0 Å². The quantitative estimate of drug-likeness (QED) is 0.754. The van der Waals surface area contributed by atoms with Crippen LogP contribution in [-0.4, -0.2) is 46.7 Å². The van der Waals surface area contributed by atoms with E-state index in [-0.39, 0.29) is 5.91 Å². The molecule has 4 rings (SSSR count). The number of benzene rings is 1. The number of hydrogen-bond acceptors (Lipinski definition) is 5. The van der Waals surface area contributed by atoms with Crippen LogP contribution >= 0.6 is 0 Å². The maximum atomic E-state index is 12.7. The molecule has 1 saturated heterocycles. The first-order valence-electron chi connectivity index (χ1n) is 9.53. The first-order valence-corrected chi connectivity index (χ1v) is 9.53. The molecule has 1 aliphatic heterocycles. The second-order valence-electron chi connectivity index (χ2n) is 7.18. The summed E-state index contributed by atoms with van der Waals surface area (Å²) < 4.78 is 7.44. The Morgan fingerprint density at radius 1 is 1.14 bits per heavy atom. The van der Waals surface area contributed by atoms with Crippen LogP contribution in [0.2, 0.25) is 0 Å². The van der Waals surface area contributed by atoms with E-state index in [0.29, 0.717) is 31.3 Å². The molecule has 3 heterocycles. The van der Waals surface area contributed by atoms with Crippen LogP contribution in [0.25, 0.3) is 10.9 Å². The Morgan fingerprint density at radius 3 is 2.54 bits per heavy atom. The summed E-state index contributed by atoms with van der Waals surface area (Å²) >= 11 is 0. The van der Waals surface area contributed by atoms with E-state index in [2.05, 4.69) is 36.9 Å². The molecule has 0 unspecified atom stereocenters. The van der Waals surface area contributed by atoms with Gasteiger partial charge in [-0.15, -0.1) is 0 Å². The van der Waals surface area contributed by atoms with Gasteiger partial charge >= 0.3 is 0 Å². The standard InChI is InChI=1S/C21H25N5O2/c1-14-20(15(2)23-21(22-14)26-8-10-28-11-9-26)24-19(27)12-16-13-25(3)18-7-5-4-6-17(16)18/h4-7,13H,8-12H2,1-3H3,(H,24,27). The Balaban J connectivity index is 1.52. The Bertz CT molecular complexity index is 998. The lowest BCUT2D eigenvalue weighted by Crippen LogP contribution is -2.37. The minimum Gasteiger partial charge on any atom is -0.378 e. The maximum absolute atomic E-state index is 12.7. The highest BCUT2D eigenvalue weighted by Crippen LogP contribution is 2.23. The van der Waals surface area contributed by atoms with Crippen LogP contribution < -0.4 is 10.2 Å². The van der Waals surface area contributed by atoms with Crippen LogP contribution in [0, 0.1) is 13.8 Å². The Labute approximate surface area is 164 Å². The van der Waals surface area contributed by atoms with Gasteiger partial charge in [-0.2, -0.15) is 0 Å². The number of ether oxygens (including phenoxy) is 1. The highest BCUT2D eigenvalue weighted by Gasteiger charge is 2.18. The molecule has 1 aromatic carbocycles. The topological polar surface area (TPSA) is 72.3 Å². The minimum atomic E-state index is -0.0646. The zero-order chi connectivity index (χ0) is 19.7. The fourth-order valence-electron chi connectivity index (χ4n) is 3.71. The van der Waals surface area contributed by atoms with Gasteiger partial charge in [0.05, 0.1) is 36.7 Å². The molecule has 7 heteroatoms. The molecule has 1 amide bonds. The summed E-state index contributed by atoms with van der Waals surface area (Å²) in [5, 5.41) is 4.12. The van der Waals surface area contributed by atoms with Gasteiger partial charge in [0.1, 0.15) is 0 Å². The molecule has 0 aliphatic carbocycles. The lowest BCUT2D eigenvalue weighted by atomic mass is 10.1. The van der Waals surface area contributed by atoms with E-state index < -0.39 is 0 Å².